The molecule has 0 aliphatic carbocycles. The molecule has 37 nitrogen and oxygen atoms in total. The Morgan fingerprint density at radius 3 is 1.24 bits per heavy atom. The van der Waals surface area contributed by atoms with Crippen LogP contribution in [-0.4, -0.2) is 202 Å². The van der Waals surface area contributed by atoms with Gasteiger partial charge in [0.1, 0.15) is 71.9 Å². The smallest absolute Gasteiger partial charge is 0.303 e. The molecule has 1 aromatic heterocycles. The molecule has 119 heavy (non-hydrogen) atoms. The quantitative estimate of drug-likeness (QED) is 0.0114. The number of benzene rings is 5. The molecule has 13 amide bonds. The van der Waals surface area contributed by atoms with Crippen LogP contribution in [0.5, 0.6) is 11.5 Å². The van der Waals surface area contributed by atoms with E-state index in [1.165, 1.54) is 48.5 Å². The predicted molar refractivity (Wildman–Crippen MR) is 441 cm³/mol. The number of aromatic amines is 1. The SMILES string of the molecule is CC(C)C(NC(=O)C(N)CCCNC(=N)N)C(=O)NC(Cc1ccc(O)cc1)C(=O)NC(Cc1ccccc1)C(=O)NC(Cc1ccccc1)C(=O)NC(CCCCN)C(=O)NCC(=O)NC(CCCCN)C(=O)NC(CCC(N)=O)C(=O)NC(Cc1ccc(O)cc1)C(=O)NC(Cc1c[nH]c2ccccc12)C(=O)NC(CCC(=O)O)C(N)=O. The number of carbonyl (C=O) groups is 14. The van der Waals surface area contributed by atoms with Crippen molar-refractivity contribution in [2.75, 3.05) is 26.2 Å². The third-order valence-corrected chi connectivity index (χ3v) is 19.4. The second-order valence-corrected chi connectivity index (χ2v) is 29.2. The first-order chi connectivity index (χ1) is 56.8. The van der Waals surface area contributed by atoms with E-state index in [0.29, 0.717) is 58.0 Å². The van der Waals surface area contributed by atoms with Gasteiger partial charge >= 0.3 is 5.97 Å². The Morgan fingerprint density at radius 2 is 0.798 bits per heavy atom. The normalized spacial score (nSPS) is 13.9. The molecule has 11 atom stereocenters. The molecule has 0 bridgehead atoms. The monoisotopic (exact) mass is 1650 g/mol. The minimum atomic E-state index is -1.68. The number of guanidine groups is 1. The number of hydrogen-bond acceptors (Lipinski definition) is 20. The van der Waals surface area contributed by atoms with Crippen LogP contribution in [0.3, 0.4) is 0 Å². The Hall–Kier alpha value is -13.0. The molecule has 1 heterocycles. The first kappa shape index (κ1) is 94.8. The summed E-state index contributed by atoms with van der Waals surface area (Å²) in [6.45, 7) is 3.13. The zero-order valence-corrected chi connectivity index (χ0v) is 66.6. The highest BCUT2D eigenvalue weighted by Crippen LogP contribution is 2.22. The fourth-order valence-corrected chi connectivity index (χ4v) is 12.8. The summed E-state index contributed by atoms with van der Waals surface area (Å²) >= 11 is 0. The van der Waals surface area contributed by atoms with E-state index in [1.807, 2.05) is 0 Å². The van der Waals surface area contributed by atoms with E-state index >= 15 is 4.79 Å². The number of carboxylic acid groups (broad SMARTS) is 1. The van der Waals surface area contributed by atoms with Crippen LogP contribution < -0.4 is 98.2 Å². The summed E-state index contributed by atoms with van der Waals surface area (Å²) in [5.41, 5.74) is 37.6. The number of hydrogen-bond donors (Lipinski definition) is 23. The third-order valence-electron chi connectivity index (χ3n) is 19.4. The van der Waals surface area contributed by atoms with E-state index in [0.717, 1.165) is 0 Å². The van der Waals surface area contributed by atoms with E-state index in [1.54, 1.807) is 105 Å². The fraction of sp³-hybridized carbons (Fsp3) is 0.427. The second kappa shape index (κ2) is 49.1. The van der Waals surface area contributed by atoms with Gasteiger partial charge in [-0.05, 0) is 141 Å². The molecule has 0 aliphatic heterocycles. The van der Waals surface area contributed by atoms with Gasteiger partial charge in [-0.15, -0.1) is 0 Å². The average Bonchev–Trinajstić information content (AvgIpc) is 1.80. The van der Waals surface area contributed by atoms with Crippen molar-refractivity contribution in [3.63, 3.8) is 0 Å². The molecule has 37 heteroatoms. The van der Waals surface area contributed by atoms with Gasteiger partial charge in [-0.3, -0.25) is 72.5 Å². The van der Waals surface area contributed by atoms with E-state index in [4.69, 9.17) is 39.8 Å². The molecular formula is C82H112N20O17. The summed E-state index contributed by atoms with van der Waals surface area (Å²) in [5.74, 6) is -14.2. The Bertz CT molecular complexity index is 4400. The van der Waals surface area contributed by atoms with E-state index in [9.17, 15) is 77.6 Å². The van der Waals surface area contributed by atoms with Crippen molar-refractivity contribution in [3.8, 4) is 11.5 Å². The van der Waals surface area contributed by atoms with Crippen LogP contribution in [0, 0.1) is 11.3 Å². The Morgan fingerprint density at radius 1 is 0.403 bits per heavy atom. The van der Waals surface area contributed by atoms with Gasteiger partial charge in [-0.1, -0.05) is 117 Å². The number of amides is 13. The highest BCUT2D eigenvalue weighted by Gasteiger charge is 2.37. The summed E-state index contributed by atoms with van der Waals surface area (Å²) in [7, 11) is 0. The van der Waals surface area contributed by atoms with Crippen LogP contribution in [-0.2, 0) is 99.2 Å². The third kappa shape index (κ3) is 33.2. The van der Waals surface area contributed by atoms with Crippen molar-refractivity contribution in [1.82, 2.24) is 68.8 Å². The van der Waals surface area contributed by atoms with Crippen LogP contribution in [0.2, 0.25) is 0 Å². The number of phenolic OH excluding ortho intramolecular Hbond substituents is 2. The number of para-hydroxylation sites is 1. The molecule has 0 fully saturated rings. The molecule has 0 saturated heterocycles. The standard InChI is InChI=1S/C82H112N20O17/c1-47(2)70(102-72(110)56(85)21-15-39-90-82(88)89)81(119)101-65(43-51-27-31-54(104)32-28-51)79(117)99-63(41-49-18-7-4-8-19-49)77(115)98-62(40-48-16-5-3-6-17-48)76(114)95-59(23-11-13-37-83)73(111)92-46-68(106)93-60(24-12-14-38-84)74(112)96-61(33-35-67(86)105)75(113)97-64(42-50-25-29-53(103)30-26-50)78(116)100-66(44-52-45-91-57-22-10-9-20-55(52)57)80(118)94-58(71(87)109)34-36-69(107)108/h3-10,16-20,22,25-32,45,47,56,58-66,70,91,103-104H,11-15,21,23-24,33-44,46,83-85H2,1-2H3,(H2,86,105)(H2,87,109)(H,92,111)(H,93,106)(H,94,118)(H,95,114)(H,96,112)(H,97,113)(H,98,115)(H,99,117)(H,100,116)(H,101,119)(H,102,110)(H,107,108)(H4,88,89,90). The summed E-state index contributed by atoms with van der Waals surface area (Å²) in [6, 6.07) is 19.5. The minimum absolute atomic E-state index is 0.0534. The molecule has 0 spiro atoms. The van der Waals surface area contributed by atoms with Crippen LogP contribution in [0.15, 0.2) is 140 Å². The van der Waals surface area contributed by atoms with Gasteiger partial charge < -0.3 is 119 Å². The van der Waals surface area contributed by atoms with E-state index in [-0.39, 0.29) is 101 Å². The number of unbranched alkanes of at least 4 members (excludes halogenated alkanes) is 2. The summed E-state index contributed by atoms with van der Waals surface area (Å²) in [4.78, 5) is 199. The second-order valence-electron chi connectivity index (χ2n) is 29.2. The molecular weight excluding hydrogens is 1540 g/mol. The first-order valence-corrected chi connectivity index (χ1v) is 39.3. The number of aromatic nitrogens is 1. The van der Waals surface area contributed by atoms with Crippen molar-refractivity contribution >= 4 is 99.6 Å². The molecule has 29 N–H and O–H groups in total. The number of nitrogens with one attached hydrogen (secondary N) is 14. The number of H-pyrrole nitrogens is 1. The van der Waals surface area contributed by atoms with Gasteiger partial charge in [0.2, 0.25) is 76.8 Å². The van der Waals surface area contributed by atoms with Crippen LogP contribution in [0.4, 0.5) is 0 Å². The lowest BCUT2D eigenvalue weighted by Gasteiger charge is -2.28. The number of rotatable bonds is 52. The Labute approximate surface area is 688 Å². The van der Waals surface area contributed by atoms with Gasteiger partial charge in [-0.25, -0.2) is 0 Å². The number of phenols is 2. The van der Waals surface area contributed by atoms with Crippen LogP contribution in [0.1, 0.15) is 119 Å². The molecule has 11 unspecified atom stereocenters. The number of carbonyl (C=O) groups excluding carboxylic acids is 13. The van der Waals surface area contributed by atoms with Crippen molar-refractivity contribution in [1.29, 1.82) is 5.41 Å². The molecule has 0 saturated carbocycles. The van der Waals surface area contributed by atoms with Gasteiger partial charge in [0.15, 0.2) is 5.96 Å². The topological polar surface area (TPSA) is 640 Å². The fourth-order valence-electron chi connectivity index (χ4n) is 12.8. The van der Waals surface area contributed by atoms with Gasteiger partial charge in [-0.2, -0.15) is 0 Å². The highest BCUT2D eigenvalue weighted by molar-refractivity contribution is 6.00. The minimum Gasteiger partial charge on any atom is -0.508 e. The van der Waals surface area contributed by atoms with Crippen molar-refractivity contribution in [2.45, 2.75) is 189 Å². The lowest BCUT2D eigenvalue weighted by atomic mass is 9.99. The van der Waals surface area contributed by atoms with Crippen LogP contribution in [0.25, 0.3) is 10.9 Å². The predicted octanol–water partition coefficient (Wildman–Crippen LogP) is -1.82. The number of fused-ring (bicyclic) bond motifs is 1. The maximum atomic E-state index is 15.1. The molecule has 6 rings (SSSR count). The molecule has 642 valence electrons. The van der Waals surface area contributed by atoms with Gasteiger partial charge in [0.05, 0.1) is 12.6 Å². The zero-order chi connectivity index (χ0) is 87.1. The average molecular weight is 1650 g/mol. The highest BCUT2D eigenvalue weighted by atomic mass is 16.4. The zero-order valence-electron chi connectivity index (χ0n) is 66.6. The number of carboxylic acids is 1. The lowest BCUT2D eigenvalue weighted by molar-refractivity contribution is -0.138. The van der Waals surface area contributed by atoms with E-state index < -0.39 is 187 Å². The largest absolute Gasteiger partial charge is 0.508 e. The Kier molecular flexibility index (Phi) is 39.1. The molecule has 0 aliphatic rings. The maximum Gasteiger partial charge on any atom is 0.303 e. The summed E-state index contributed by atoms with van der Waals surface area (Å²) < 4.78 is 0. The van der Waals surface area contributed by atoms with Gasteiger partial charge in [0, 0.05) is 68.6 Å². The number of aromatic hydroxyl groups is 2. The lowest BCUT2D eigenvalue weighted by Crippen LogP contribution is -2.61. The number of nitrogens with two attached hydrogens (primary N) is 6. The summed E-state index contributed by atoms with van der Waals surface area (Å²) in [6.07, 6.45) is 0.137. The van der Waals surface area contributed by atoms with E-state index in [2.05, 4.69) is 68.8 Å². The first-order valence-electron chi connectivity index (χ1n) is 39.3. The maximum absolute atomic E-state index is 15.1. The summed E-state index contributed by atoms with van der Waals surface area (Å²) in [5, 5.41) is 69.5. The molecule has 5 aromatic carbocycles. The van der Waals surface area contributed by atoms with Crippen molar-refractivity contribution in [2.24, 2.45) is 40.3 Å². The Balaban J connectivity index is 1.22. The number of aliphatic carboxylic acids is 1. The molecule has 0 radical (unpaired) electrons. The molecule has 6 aromatic rings. The van der Waals surface area contributed by atoms with Crippen LogP contribution >= 0.6 is 0 Å². The number of primary amides is 2. The van der Waals surface area contributed by atoms with Crippen molar-refractivity contribution < 1.29 is 82.4 Å². The van der Waals surface area contributed by atoms with Gasteiger partial charge in [0.25, 0.3) is 0 Å². The van der Waals surface area contributed by atoms with Crippen molar-refractivity contribution in [3.05, 3.63) is 167 Å².